The Morgan fingerprint density at radius 1 is 1.42 bits per heavy atom. The van der Waals surface area contributed by atoms with Crippen LogP contribution < -0.4 is 21.5 Å². The fourth-order valence-electron chi connectivity index (χ4n) is 2.68. The van der Waals surface area contributed by atoms with Gasteiger partial charge in [-0.25, -0.2) is 10.2 Å². The quantitative estimate of drug-likeness (QED) is 0.601. The van der Waals surface area contributed by atoms with Crippen molar-refractivity contribution in [2.75, 3.05) is 32.8 Å². The zero-order valence-corrected chi connectivity index (χ0v) is 14.6. The van der Waals surface area contributed by atoms with E-state index in [0.717, 1.165) is 24.2 Å². The Labute approximate surface area is 152 Å². The van der Waals surface area contributed by atoms with E-state index in [1.54, 1.807) is 18.4 Å². The van der Waals surface area contributed by atoms with E-state index in [4.69, 9.17) is 4.74 Å². The second-order valence-corrected chi connectivity index (χ2v) is 6.20. The maximum atomic E-state index is 12.1. The monoisotopic (exact) mass is 356 g/mol. The summed E-state index contributed by atoms with van der Waals surface area (Å²) < 4.78 is 5.31. The number of amidine groups is 1. The average Bonchev–Trinajstić information content (AvgIpc) is 3.34. The van der Waals surface area contributed by atoms with Crippen LogP contribution in [0.15, 0.2) is 57.8 Å². The van der Waals surface area contributed by atoms with Crippen LogP contribution in [0, 0.1) is 5.92 Å². The number of urea groups is 1. The van der Waals surface area contributed by atoms with Crippen LogP contribution >= 0.6 is 0 Å². The van der Waals surface area contributed by atoms with Crippen molar-refractivity contribution in [3.05, 3.63) is 47.9 Å². The lowest BCUT2D eigenvalue weighted by atomic mass is 10.1. The molecule has 3 heterocycles. The maximum Gasteiger partial charge on any atom is 0.320 e. The number of nitrogens with zero attached hydrogens (tertiary/aromatic N) is 2. The number of amides is 2. The predicted molar refractivity (Wildman–Crippen MR) is 102 cm³/mol. The first kappa shape index (κ1) is 18.1. The Bertz CT molecular complexity index is 698. The molecule has 0 bridgehead atoms. The molecule has 1 saturated heterocycles. The van der Waals surface area contributed by atoms with Crippen molar-refractivity contribution in [2.45, 2.75) is 6.42 Å². The SMILES string of the molecule is C=C1/C=C\C(NC(=O)NCC2CCOC2)=N/C/C=C(C2=CNNC2)\C=N/1. The first-order valence-electron chi connectivity index (χ1n) is 8.67. The van der Waals surface area contributed by atoms with Gasteiger partial charge in [0.05, 0.1) is 18.8 Å². The van der Waals surface area contributed by atoms with Crippen LogP contribution in [0.1, 0.15) is 6.42 Å². The molecule has 8 heteroatoms. The van der Waals surface area contributed by atoms with Crippen LogP contribution in [0.5, 0.6) is 0 Å². The molecule has 1 unspecified atom stereocenters. The van der Waals surface area contributed by atoms with Crippen LogP contribution in [0.25, 0.3) is 0 Å². The lowest BCUT2D eigenvalue weighted by Gasteiger charge is -2.11. The van der Waals surface area contributed by atoms with Crippen LogP contribution in [-0.4, -0.2) is 50.9 Å². The largest absolute Gasteiger partial charge is 0.381 e. The second kappa shape index (κ2) is 9.12. The Kier molecular flexibility index (Phi) is 6.34. The summed E-state index contributed by atoms with van der Waals surface area (Å²) in [5.41, 5.74) is 8.62. The van der Waals surface area contributed by atoms with Gasteiger partial charge >= 0.3 is 6.03 Å². The Balaban J connectivity index is 1.61. The smallest absolute Gasteiger partial charge is 0.320 e. The minimum absolute atomic E-state index is 0.275. The number of nitrogens with one attached hydrogen (secondary N) is 4. The molecule has 26 heavy (non-hydrogen) atoms. The molecule has 3 rings (SSSR count). The van der Waals surface area contributed by atoms with Gasteiger partial charge in [-0.15, -0.1) is 0 Å². The summed E-state index contributed by atoms with van der Waals surface area (Å²) in [4.78, 5) is 20.9. The molecule has 3 aliphatic rings. The molecule has 0 spiro atoms. The number of hydrogen-bond donors (Lipinski definition) is 4. The first-order chi connectivity index (χ1) is 12.7. The van der Waals surface area contributed by atoms with Crippen LogP contribution in [0.4, 0.5) is 4.79 Å². The topological polar surface area (TPSA) is 99.1 Å². The van der Waals surface area contributed by atoms with Gasteiger partial charge in [0.2, 0.25) is 0 Å². The van der Waals surface area contributed by atoms with Gasteiger partial charge in [0.1, 0.15) is 5.84 Å². The van der Waals surface area contributed by atoms with Crippen molar-refractivity contribution in [1.29, 1.82) is 0 Å². The minimum Gasteiger partial charge on any atom is -0.381 e. The zero-order valence-electron chi connectivity index (χ0n) is 14.6. The summed E-state index contributed by atoms with van der Waals surface area (Å²) in [5, 5.41) is 5.64. The highest BCUT2D eigenvalue weighted by Crippen LogP contribution is 2.11. The molecule has 1 fully saturated rings. The van der Waals surface area contributed by atoms with E-state index in [1.165, 1.54) is 0 Å². The Hall–Kier alpha value is -2.71. The number of hydrogen-bond acceptors (Lipinski definition) is 6. The van der Waals surface area contributed by atoms with Crippen molar-refractivity contribution >= 4 is 18.1 Å². The lowest BCUT2D eigenvalue weighted by Crippen LogP contribution is -2.41. The summed E-state index contributed by atoms with van der Waals surface area (Å²) in [5.74, 6) is 0.847. The molecule has 138 valence electrons. The van der Waals surface area contributed by atoms with E-state index in [0.29, 0.717) is 43.7 Å². The van der Waals surface area contributed by atoms with E-state index in [9.17, 15) is 4.79 Å². The fourth-order valence-corrected chi connectivity index (χ4v) is 2.68. The molecular weight excluding hydrogens is 332 g/mol. The van der Waals surface area contributed by atoms with E-state index in [1.807, 2.05) is 12.3 Å². The molecule has 0 aromatic carbocycles. The fraction of sp³-hybridized carbons (Fsp3) is 0.389. The predicted octanol–water partition coefficient (Wildman–Crippen LogP) is 0.793. The highest BCUT2D eigenvalue weighted by Gasteiger charge is 2.16. The molecule has 4 N–H and O–H groups in total. The molecule has 0 aromatic heterocycles. The van der Waals surface area contributed by atoms with Gasteiger partial charge in [0, 0.05) is 38.0 Å². The van der Waals surface area contributed by atoms with Crippen LogP contribution in [0.2, 0.25) is 0 Å². The molecule has 3 aliphatic heterocycles. The summed E-state index contributed by atoms with van der Waals surface area (Å²) in [6, 6.07) is -0.275. The zero-order chi connectivity index (χ0) is 18.2. The minimum atomic E-state index is -0.275. The highest BCUT2D eigenvalue weighted by atomic mass is 16.5. The second-order valence-electron chi connectivity index (χ2n) is 6.20. The van der Waals surface area contributed by atoms with Gasteiger partial charge in [0.15, 0.2) is 0 Å². The molecule has 0 aliphatic carbocycles. The summed E-state index contributed by atoms with van der Waals surface area (Å²) in [6.45, 7) is 7.10. The third kappa shape index (κ3) is 5.40. The van der Waals surface area contributed by atoms with Gasteiger partial charge in [-0.1, -0.05) is 12.7 Å². The number of allylic oxidation sites excluding steroid dienone is 1. The Morgan fingerprint density at radius 2 is 2.35 bits per heavy atom. The third-order valence-corrected chi connectivity index (χ3v) is 4.19. The van der Waals surface area contributed by atoms with Gasteiger partial charge in [-0.3, -0.25) is 15.3 Å². The van der Waals surface area contributed by atoms with Gasteiger partial charge < -0.3 is 15.5 Å². The summed E-state index contributed by atoms with van der Waals surface area (Å²) in [6.07, 6.45) is 10.0. The number of hydrazine groups is 1. The number of rotatable bonds is 3. The maximum absolute atomic E-state index is 12.1. The number of carbonyl (C=O) groups is 1. The molecule has 8 nitrogen and oxygen atoms in total. The normalized spacial score (nSPS) is 29.5. The molecule has 1 atom stereocenters. The molecule has 0 aromatic rings. The molecule has 2 amide bonds. The van der Waals surface area contributed by atoms with Crippen molar-refractivity contribution in [1.82, 2.24) is 21.5 Å². The first-order valence-corrected chi connectivity index (χ1v) is 8.67. The molecule has 0 saturated carbocycles. The van der Waals surface area contributed by atoms with Gasteiger partial charge in [-0.05, 0) is 29.7 Å². The van der Waals surface area contributed by atoms with Crippen LogP contribution in [-0.2, 0) is 4.74 Å². The van der Waals surface area contributed by atoms with Crippen molar-refractivity contribution in [3.63, 3.8) is 0 Å². The van der Waals surface area contributed by atoms with E-state index < -0.39 is 0 Å². The standard InChI is InChI=1S/C18H24N6O2/c1-13-2-3-17(24-18(25)21-8-14-5-7-26-12-14)19-6-4-15(9-20-13)16-10-22-23-11-16/h2-4,9-10,14,22-23H,1,5-8,11-12H2,(H2,19,21,24,25)/b3-2-,15-4+,20-9-. The van der Waals surface area contributed by atoms with E-state index in [-0.39, 0.29) is 6.03 Å². The lowest BCUT2D eigenvalue weighted by molar-refractivity contribution is 0.185. The van der Waals surface area contributed by atoms with E-state index >= 15 is 0 Å². The van der Waals surface area contributed by atoms with Crippen LogP contribution in [0.3, 0.4) is 0 Å². The number of aliphatic imine (C=N–C) groups is 2. The number of carbonyl (C=O) groups excluding carboxylic acids is 1. The van der Waals surface area contributed by atoms with Gasteiger partial charge in [0.25, 0.3) is 0 Å². The number of ether oxygens (including phenoxy) is 1. The Morgan fingerprint density at radius 3 is 3.12 bits per heavy atom. The third-order valence-electron chi connectivity index (χ3n) is 4.19. The molecule has 0 radical (unpaired) electrons. The highest BCUT2D eigenvalue weighted by molar-refractivity contribution is 6.04. The van der Waals surface area contributed by atoms with Gasteiger partial charge in [-0.2, -0.15) is 0 Å². The molecular formula is C18H24N6O2. The van der Waals surface area contributed by atoms with Crippen molar-refractivity contribution < 1.29 is 9.53 Å². The summed E-state index contributed by atoms with van der Waals surface area (Å²) >= 11 is 0. The average molecular weight is 356 g/mol. The van der Waals surface area contributed by atoms with Crippen molar-refractivity contribution in [2.24, 2.45) is 15.9 Å². The summed E-state index contributed by atoms with van der Waals surface area (Å²) in [7, 11) is 0. The van der Waals surface area contributed by atoms with E-state index in [2.05, 4.69) is 38.0 Å². The van der Waals surface area contributed by atoms with Crippen molar-refractivity contribution in [3.8, 4) is 0 Å².